The van der Waals surface area contributed by atoms with Crippen molar-refractivity contribution in [1.29, 1.82) is 0 Å². The molecule has 0 saturated heterocycles. The monoisotopic (exact) mass is 482 g/mol. The number of rotatable bonds is 14. The van der Waals surface area contributed by atoms with E-state index in [1.165, 1.54) is 49.7 Å². The van der Waals surface area contributed by atoms with E-state index in [0.29, 0.717) is 12.3 Å². The molecule has 1 fully saturated rings. The molecule has 1 heterocycles. The summed E-state index contributed by atoms with van der Waals surface area (Å²) in [5.74, 6) is 0.535. The highest BCUT2D eigenvalue weighted by Crippen LogP contribution is 2.35. The SMILES string of the molecule is CCCCCCCCc1cnc(-c2ccc([C@H]3CC[C@H](OC(=O)[C@@H](F)CCCC)CC3)cc2)nc1. The summed E-state index contributed by atoms with van der Waals surface area (Å²) in [5, 5.41) is 0. The van der Waals surface area contributed by atoms with E-state index in [1.807, 2.05) is 19.3 Å². The van der Waals surface area contributed by atoms with Crippen LogP contribution in [0.15, 0.2) is 36.7 Å². The molecule has 0 N–H and O–H groups in total. The second-order valence-corrected chi connectivity index (χ2v) is 10.1. The highest BCUT2D eigenvalue weighted by Gasteiger charge is 2.27. The number of aromatic nitrogens is 2. The van der Waals surface area contributed by atoms with Crippen LogP contribution in [0, 0.1) is 0 Å². The van der Waals surface area contributed by atoms with E-state index in [9.17, 15) is 9.18 Å². The van der Waals surface area contributed by atoms with E-state index in [0.717, 1.165) is 49.9 Å². The number of alkyl halides is 1. The van der Waals surface area contributed by atoms with Crippen LogP contribution in [0.1, 0.15) is 114 Å². The van der Waals surface area contributed by atoms with Crippen molar-refractivity contribution < 1.29 is 13.9 Å². The lowest BCUT2D eigenvalue weighted by molar-refractivity contribution is -0.157. The van der Waals surface area contributed by atoms with Crippen LogP contribution in [0.2, 0.25) is 0 Å². The summed E-state index contributed by atoms with van der Waals surface area (Å²) in [7, 11) is 0. The van der Waals surface area contributed by atoms with Crippen LogP contribution in [0.4, 0.5) is 4.39 Å². The molecule has 1 atom stereocenters. The number of halogens is 1. The standard InChI is InChI=1S/C30H43FN2O2/c1-3-5-7-8-9-10-11-23-21-32-29(33-22-23)26-15-13-24(14-16-26)25-17-19-27(20-18-25)35-30(34)28(31)12-6-4-2/h13-16,21-22,25,27-28H,3-12,17-20H2,1-2H3/t25-,27-,28-/m0/s1. The molecule has 192 valence electrons. The molecule has 5 heteroatoms. The first kappa shape index (κ1) is 27.3. The zero-order valence-corrected chi connectivity index (χ0v) is 21.7. The minimum Gasteiger partial charge on any atom is -0.460 e. The molecule has 0 aliphatic heterocycles. The first-order valence-electron chi connectivity index (χ1n) is 13.9. The van der Waals surface area contributed by atoms with Gasteiger partial charge < -0.3 is 4.74 Å². The fraction of sp³-hybridized carbons (Fsp3) is 0.633. The van der Waals surface area contributed by atoms with Crippen molar-refractivity contribution in [3.63, 3.8) is 0 Å². The zero-order valence-electron chi connectivity index (χ0n) is 21.7. The van der Waals surface area contributed by atoms with Crippen molar-refractivity contribution in [2.75, 3.05) is 0 Å². The second kappa shape index (κ2) is 15.0. The van der Waals surface area contributed by atoms with Crippen LogP contribution in [-0.4, -0.2) is 28.2 Å². The summed E-state index contributed by atoms with van der Waals surface area (Å²) in [5.41, 5.74) is 3.54. The van der Waals surface area contributed by atoms with Gasteiger partial charge in [-0.1, -0.05) is 83.1 Å². The normalized spacial score (nSPS) is 18.8. The average molecular weight is 483 g/mol. The van der Waals surface area contributed by atoms with Crippen LogP contribution >= 0.6 is 0 Å². The van der Waals surface area contributed by atoms with Crippen LogP contribution < -0.4 is 0 Å². The summed E-state index contributed by atoms with van der Waals surface area (Å²) >= 11 is 0. The molecule has 1 aliphatic rings. The van der Waals surface area contributed by atoms with Crippen molar-refractivity contribution in [3.8, 4) is 11.4 Å². The third-order valence-electron chi connectivity index (χ3n) is 7.19. The number of ether oxygens (including phenoxy) is 1. The first-order chi connectivity index (χ1) is 17.1. The van der Waals surface area contributed by atoms with E-state index < -0.39 is 12.1 Å². The highest BCUT2D eigenvalue weighted by atomic mass is 19.1. The van der Waals surface area contributed by atoms with E-state index in [2.05, 4.69) is 41.2 Å². The number of hydrogen-bond acceptors (Lipinski definition) is 4. The zero-order chi connectivity index (χ0) is 24.9. The second-order valence-electron chi connectivity index (χ2n) is 10.1. The van der Waals surface area contributed by atoms with Gasteiger partial charge >= 0.3 is 5.97 Å². The van der Waals surface area contributed by atoms with Gasteiger partial charge in [-0.25, -0.2) is 19.2 Å². The summed E-state index contributed by atoms with van der Waals surface area (Å²) in [6, 6.07) is 8.54. The number of unbranched alkanes of at least 4 members (excludes halogenated alkanes) is 6. The van der Waals surface area contributed by atoms with E-state index in [-0.39, 0.29) is 12.5 Å². The Kier molecular flexibility index (Phi) is 11.7. The molecule has 0 amide bonds. The molecule has 1 aromatic carbocycles. The van der Waals surface area contributed by atoms with Crippen LogP contribution in [0.5, 0.6) is 0 Å². The average Bonchev–Trinajstić information content (AvgIpc) is 2.90. The predicted molar refractivity (Wildman–Crippen MR) is 140 cm³/mol. The Morgan fingerprint density at radius 3 is 2.20 bits per heavy atom. The lowest BCUT2D eigenvalue weighted by atomic mass is 9.82. The molecular weight excluding hydrogens is 439 g/mol. The van der Waals surface area contributed by atoms with Gasteiger partial charge in [-0.3, -0.25) is 0 Å². The van der Waals surface area contributed by atoms with Gasteiger partial charge in [0.25, 0.3) is 0 Å². The molecule has 4 nitrogen and oxygen atoms in total. The maximum absolute atomic E-state index is 13.9. The maximum atomic E-state index is 13.9. The van der Waals surface area contributed by atoms with Crippen LogP contribution in [0.25, 0.3) is 11.4 Å². The molecule has 2 aromatic rings. The highest BCUT2D eigenvalue weighted by molar-refractivity contribution is 5.74. The van der Waals surface area contributed by atoms with Gasteiger partial charge in [-0.15, -0.1) is 0 Å². The van der Waals surface area contributed by atoms with Crippen LogP contribution in [0.3, 0.4) is 0 Å². The van der Waals surface area contributed by atoms with Gasteiger partial charge in [-0.2, -0.15) is 0 Å². The summed E-state index contributed by atoms with van der Waals surface area (Å²) in [4.78, 5) is 21.2. The molecule has 1 aliphatic carbocycles. The number of benzene rings is 1. The largest absolute Gasteiger partial charge is 0.460 e. The van der Waals surface area contributed by atoms with Crippen molar-refractivity contribution >= 4 is 5.97 Å². The van der Waals surface area contributed by atoms with Gasteiger partial charge in [0.15, 0.2) is 12.0 Å². The third kappa shape index (κ3) is 9.01. The Balaban J connectivity index is 1.42. The quantitative estimate of drug-likeness (QED) is 0.201. The molecule has 35 heavy (non-hydrogen) atoms. The summed E-state index contributed by atoms with van der Waals surface area (Å²) < 4.78 is 19.3. The van der Waals surface area contributed by atoms with E-state index in [1.54, 1.807) is 0 Å². The molecule has 0 radical (unpaired) electrons. The number of nitrogens with zero attached hydrogens (tertiary/aromatic N) is 2. The fourth-order valence-corrected chi connectivity index (χ4v) is 4.90. The Morgan fingerprint density at radius 1 is 0.914 bits per heavy atom. The molecule has 1 aromatic heterocycles. The number of esters is 1. The summed E-state index contributed by atoms with van der Waals surface area (Å²) in [6.45, 7) is 4.24. The van der Waals surface area contributed by atoms with Crippen LogP contribution in [-0.2, 0) is 16.0 Å². The minimum atomic E-state index is -1.48. The molecule has 3 rings (SSSR count). The third-order valence-corrected chi connectivity index (χ3v) is 7.19. The summed E-state index contributed by atoms with van der Waals surface area (Å²) in [6.07, 6.45) is 16.5. The predicted octanol–water partition coefficient (Wildman–Crippen LogP) is 8.14. The smallest absolute Gasteiger partial charge is 0.340 e. The van der Waals surface area contributed by atoms with E-state index in [4.69, 9.17) is 4.74 Å². The Hall–Kier alpha value is -2.30. The van der Waals surface area contributed by atoms with Crippen molar-refractivity contribution in [1.82, 2.24) is 9.97 Å². The molecule has 0 unspecified atom stereocenters. The van der Waals surface area contributed by atoms with E-state index >= 15 is 0 Å². The lowest BCUT2D eigenvalue weighted by Crippen LogP contribution is -2.28. The van der Waals surface area contributed by atoms with Crippen molar-refractivity contribution in [3.05, 3.63) is 47.8 Å². The molecular formula is C30H43FN2O2. The molecule has 0 spiro atoms. The Labute approximate surface area is 211 Å². The Bertz CT molecular complexity index is 861. The topological polar surface area (TPSA) is 52.1 Å². The van der Waals surface area contributed by atoms with Gasteiger partial charge in [0.05, 0.1) is 0 Å². The lowest BCUT2D eigenvalue weighted by Gasteiger charge is -2.29. The minimum absolute atomic E-state index is 0.152. The number of carbonyl (C=O) groups is 1. The van der Waals surface area contributed by atoms with Gasteiger partial charge in [-0.05, 0) is 62.0 Å². The van der Waals surface area contributed by atoms with Crippen molar-refractivity contribution in [2.24, 2.45) is 0 Å². The number of aryl methyl sites for hydroxylation is 1. The maximum Gasteiger partial charge on any atom is 0.340 e. The molecule has 0 bridgehead atoms. The van der Waals surface area contributed by atoms with Gasteiger partial charge in [0, 0.05) is 18.0 Å². The fourth-order valence-electron chi connectivity index (χ4n) is 4.90. The number of hydrogen-bond donors (Lipinski definition) is 0. The Morgan fingerprint density at radius 2 is 1.54 bits per heavy atom. The van der Waals surface area contributed by atoms with Gasteiger partial charge in [0.1, 0.15) is 6.10 Å². The number of carbonyl (C=O) groups excluding carboxylic acids is 1. The molecule has 1 saturated carbocycles. The first-order valence-corrected chi connectivity index (χ1v) is 13.9. The van der Waals surface area contributed by atoms with Gasteiger partial charge in [0.2, 0.25) is 0 Å². The van der Waals surface area contributed by atoms with Crippen molar-refractivity contribution in [2.45, 2.75) is 122 Å².